The molecule has 2 heteroatoms. The van der Waals surface area contributed by atoms with E-state index in [2.05, 4.69) is 6.58 Å². The Bertz CT molecular complexity index is 556. The number of allylic oxidation sites excluding steroid dienone is 1. The fourth-order valence-corrected chi connectivity index (χ4v) is 1.81. The molecule has 0 fully saturated rings. The summed E-state index contributed by atoms with van der Waals surface area (Å²) in [5.74, 6) is -0.886. The van der Waals surface area contributed by atoms with E-state index in [1.165, 1.54) is 0 Å². The fraction of sp³-hybridized carbons (Fsp3) is 0.0714. The number of rotatable bonds is 3. The molecule has 80 valence electrons. The minimum absolute atomic E-state index is 0.360. The summed E-state index contributed by atoms with van der Waals surface area (Å²) in [4.78, 5) is 11.1. The number of hydrogen-bond donors (Lipinski definition) is 1. The van der Waals surface area contributed by atoms with Crippen LogP contribution in [0.4, 0.5) is 0 Å². The third-order valence-corrected chi connectivity index (χ3v) is 2.57. The third kappa shape index (κ3) is 1.82. The molecule has 0 aliphatic rings. The highest BCUT2D eigenvalue weighted by Gasteiger charge is 2.10. The Labute approximate surface area is 93.8 Å². The van der Waals surface area contributed by atoms with Crippen molar-refractivity contribution in [1.29, 1.82) is 0 Å². The van der Waals surface area contributed by atoms with E-state index in [0.29, 0.717) is 12.0 Å². The molecule has 16 heavy (non-hydrogen) atoms. The summed E-state index contributed by atoms with van der Waals surface area (Å²) in [6.45, 7) is 3.64. The monoisotopic (exact) mass is 212 g/mol. The minimum Gasteiger partial charge on any atom is -0.478 e. The van der Waals surface area contributed by atoms with Crippen LogP contribution in [-0.2, 0) is 6.42 Å². The van der Waals surface area contributed by atoms with Gasteiger partial charge in [0.25, 0.3) is 0 Å². The highest BCUT2D eigenvalue weighted by Crippen LogP contribution is 2.20. The molecule has 2 aromatic rings. The standard InChI is InChI=1S/C14H12O2/c1-2-5-12-8-10-6-3-4-7-11(10)9-13(12)14(15)16/h2-4,6-9H,1,5H2,(H,15,16). The summed E-state index contributed by atoms with van der Waals surface area (Å²) in [6.07, 6.45) is 2.29. The first kappa shape index (κ1) is 10.4. The summed E-state index contributed by atoms with van der Waals surface area (Å²) in [5.41, 5.74) is 1.17. The van der Waals surface area contributed by atoms with Gasteiger partial charge in [-0.15, -0.1) is 6.58 Å². The van der Waals surface area contributed by atoms with E-state index in [1.54, 1.807) is 12.1 Å². The molecule has 1 N–H and O–H groups in total. The van der Waals surface area contributed by atoms with E-state index in [9.17, 15) is 4.79 Å². The first-order valence-electron chi connectivity index (χ1n) is 5.08. The lowest BCUT2D eigenvalue weighted by atomic mass is 9.99. The van der Waals surface area contributed by atoms with Gasteiger partial charge < -0.3 is 5.11 Å². The Balaban J connectivity index is 2.70. The average molecular weight is 212 g/mol. The SMILES string of the molecule is C=CCc1cc2ccccc2cc1C(=O)O. The number of carboxylic acid groups (broad SMARTS) is 1. The second kappa shape index (κ2) is 4.19. The number of fused-ring (bicyclic) bond motifs is 1. The van der Waals surface area contributed by atoms with Crippen LogP contribution in [0.15, 0.2) is 49.1 Å². The van der Waals surface area contributed by atoms with Crippen molar-refractivity contribution in [1.82, 2.24) is 0 Å². The van der Waals surface area contributed by atoms with Gasteiger partial charge in [-0.1, -0.05) is 30.3 Å². The zero-order valence-corrected chi connectivity index (χ0v) is 8.81. The van der Waals surface area contributed by atoms with Crippen LogP contribution in [0.25, 0.3) is 10.8 Å². The maximum Gasteiger partial charge on any atom is 0.335 e. The molecule has 2 nitrogen and oxygen atoms in total. The zero-order valence-electron chi connectivity index (χ0n) is 8.81. The summed E-state index contributed by atoms with van der Waals surface area (Å²) >= 11 is 0. The number of carboxylic acids is 1. The van der Waals surface area contributed by atoms with Crippen LogP contribution in [0.2, 0.25) is 0 Å². The molecule has 2 rings (SSSR count). The van der Waals surface area contributed by atoms with Crippen molar-refractivity contribution in [3.05, 3.63) is 60.2 Å². The molecule has 0 radical (unpaired) electrons. The lowest BCUT2D eigenvalue weighted by molar-refractivity contribution is 0.0696. The van der Waals surface area contributed by atoms with Gasteiger partial charge in [-0.3, -0.25) is 0 Å². The third-order valence-electron chi connectivity index (χ3n) is 2.57. The van der Waals surface area contributed by atoms with Gasteiger partial charge in [-0.05, 0) is 34.9 Å². The normalized spacial score (nSPS) is 10.2. The molecule has 0 saturated heterocycles. The number of aromatic carboxylic acids is 1. The number of benzene rings is 2. The highest BCUT2D eigenvalue weighted by molar-refractivity contribution is 5.96. The lowest BCUT2D eigenvalue weighted by Gasteiger charge is -2.06. The molecule has 2 aromatic carbocycles. The molecule has 0 aliphatic heterocycles. The molecule has 0 heterocycles. The largest absolute Gasteiger partial charge is 0.478 e. The second-order valence-electron chi connectivity index (χ2n) is 3.65. The second-order valence-corrected chi connectivity index (χ2v) is 3.65. The van der Waals surface area contributed by atoms with Gasteiger partial charge in [0, 0.05) is 0 Å². The quantitative estimate of drug-likeness (QED) is 0.793. The van der Waals surface area contributed by atoms with Gasteiger partial charge >= 0.3 is 5.97 Å². The maximum absolute atomic E-state index is 11.1. The van der Waals surface area contributed by atoms with Crippen molar-refractivity contribution in [3.63, 3.8) is 0 Å². The molecule has 0 aromatic heterocycles. The van der Waals surface area contributed by atoms with E-state index in [1.807, 2.05) is 30.3 Å². The average Bonchev–Trinajstić information content (AvgIpc) is 2.28. The van der Waals surface area contributed by atoms with E-state index in [4.69, 9.17) is 5.11 Å². The predicted molar refractivity (Wildman–Crippen MR) is 64.8 cm³/mol. The zero-order chi connectivity index (χ0) is 11.5. The van der Waals surface area contributed by atoms with Gasteiger partial charge in [-0.2, -0.15) is 0 Å². The minimum atomic E-state index is -0.886. The summed E-state index contributed by atoms with van der Waals surface area (Å²) in [5, 5.41) is 11.1. The van der Waals surface area contributed by atoms with E-state index in [0.717, 1.165) is 16.3 Å². The Morgan fingerprint density at radius 3 is 2.44 bits per heavy atom. The molecule has 0 amide bonds. The first-order valence-corrected chi connectivity index (χ1v) is 5.08. The van der Waals surface area contributed by atoms with Crippen LogP contribution < -0.4 is 0 Å². The number of hydrogen-bond acceptors (Lipinski definition) is 1. The lowest BCUT2D eigenvalue weighted by Crippen LogP contribution is -2.01. The van der Waals surface area contributed by atoms with E-state index in [-0.39, 0.29) is 0 Å². The smallest absolute Gasteiger partial charge is 0.335 e. The summed E-state index contributed by atoms with van der Waals surface area (Å²) in [6, 6.07) is 11.4. The van der Waals surface area contributed by atoms with Gasteiger partial charge in [0.05, 0.1) is 5.56 Å². The molecule has 0 saturated carbocycles. The van der Waals surface area contributed by atoms with Crippen molar-refractivity contribution < 1.29 is 9.90 Å². The van der Waals surface area contributed by atoms with Crippen molar-refractivity contribution in [2.24, 2.45) is 0 Å². The van der Waals surface area contributed by atoms with Crippen LogP contribution in [0, 0.1) is 0 Å². The van der Waals surface area contributed by atoms with Crippen LogP contribution in [0.5, 0.6) is 0 Å². The van der Waals surface area contributed by atoms with E-state index < -0.39 is 5.97 Å². The van der Waals surface area contributed by atoms with Crippen LogP contribution in [-0.4, -0.2) is 11.1 Å². The number of carbonyl (C=O) groups is 1. The predicted octanol–water partition coefficient (Wildman–Crippen LogP) is 3.27. The summed E-state index contributed by atoms with van der Waals surface area (Å²) < 4.78 is 0. The van der Waals surface area contributed by atoms with Gasteiger partial charge in [0.15, 0.2) is 0 Å². The van der Waals surface area contributed by atoms with Crippen LogP contribution in [0.1, 0.15) is 15.9 Å². The maximum atomic E-state index is 11.1. The highest BCUT2D eigenvalue weighted by atomic mass is 16.4. The van der Waals surface area contributed by atoms with Gasteiger partial charge in [0.2, 0.25) is 0 Å². The molecule has 0 spiro atoms. The molecular formula is C14H12O2. The van der Waals surface area contributed by atoms with Crippen LogP contribution >= 0.6 is 0 Å². The van der Waals surface area contributed by atoms with Gasteiger partial charge in [-0.25, -0.2) is 4.79 Å². The Kier molecular flexibility index (Phi) is 2.73. The molecule has 0 unspecified atom stereocenters. The van der Waals surface area contributed by atoms with Crippen molar-refractivity contribution in [3.8, 4) is 0 Å². The van der Waals surface area contributed by atoms with Crippen molar-refractivity contribution >= 4 is 16.7 Å². The van der Waals surface area contributed by atoms with Gasteiger partial charge in [0.1, 0.15) is 0 Å². The Morgan fingerprint density at radius 2 is 1.88 bits per heavy atom. The molecule has 0 aliphatic carbocycles. The Morgan fingerprint density at radius 1 is 1.25 bits per heavy atom. The molecule has 0 atom stereocenters. The topological polar surface area (TPSA) is 37.3 Å². The molecule has 0 bridgehead atoms. The Hall–Kier alpha value is -2.09. The van der Waals surface area contributed by atoms with E-state index >= 15 is 0 Å². The molecular weight excluding hydrogens is 200 g/mol. The fourth-order valence-electron chi connectivity index (χ4n) is 1.81. The van der Waals surface area contributed by atoms with Crippen molar-refractivity contribution in [2.45, 2.75) is 6.42 Å². The first-order chi connectivity index (χ1) is 7.72. The summed E-state index contributed by atoms with van der Waals surface area (Å²) in [7, 11) is 0. The van der Waals surface area contributed by atoms with Crippen molar-refractivity contribution in [2.75, 3.05) is 0 Å². The van der Waals surface area contributed by atoms with Crippen LogP contribution in [0.3, 0.4) is 0 Å².